The van der Waals surface area contributed by atoms with Crippen molar-refractivity contribution in [3.05, 3.63) is 0 Å². The van der Waals surface area contributed by atoms with Gasteiger partial charge < -0.3 is 5.73 Å². The Bertz CT molecular complexity index is 75.8. The lowest BCUT2D eigenvalue weighted by Crippen LogP contribution is -2.25. The van der Waals surface area contributed by atoms with Gasteiger partial charge in [-0.05, 0) is 18.3 Å². The van der Waals surface area contributed by atoms with E-state index in [2.05, 4.69) is 27.7 Å². The molecule has 0 saturated carbocycles. The maximum atomic E-state index is 5.76. The SMILES string of the molecule is CCC(N)CC(C)(C)C.Cl. The minimum atomic E-state index is 0. The second-order valence-corrected chi connectivity index (χ2v) is 3.93. The molecule has 0 amide bonds. The lowest BCUT2D eigenvalue weighted by molar-refractivity contribution is 0.335. The fraction of sp³-hybridized carbons (Fsp3) is 1.00. The average Bonchev–Trinajstić information content (AvgIpc) is 1.62. The van der Waals surface area contributed by atoms with Crippen molar-refractivity contribution in [1.82, 2.24) is 0 Å². The van der Waals surface area contributed by atoms with Crippen molar-refractivity contribution in [2.75, 3.05) is 0 Å². The predicted molar refractivity (Wildman–Crippen MR) is 49.6 cm³/mol. The molecule has 0 aromatic carbocycles. The third-order valence-electron chi connectivity index (χ3n) is 1.40. The van der Waals surface area contributed by atoms with Crippen molar-refractivity contribution in [3.63, 3.8) is 0 Å². The summed E-state index contributed by atoms with van der Waals surface area (Å²) in [5.74, 6) is 0. The highest BCUT2D eigenvalue weighted by molar-refractivity contribution is 5.85. The van der Waals surface area contributed by atoms with Gasteiger partial charge in [-0.15, -0.1) is 12.4 Å². The second kappa shape index (κ2) is 4.97. The van der Waals surface area contributed by atoms with E-state index in [9.17, 15) is 0 Å². The van der Waals surface area contributed by atoms with E-state index in [-0.39, 0.29) is 12.4 Å². The number of halogens is 1. The van der Waals surface area contributed by atoms with Gasteiger partial charge in [0.25, 0.3) is 0 Å². The van der Waals surface area contributed by atoms with Gasteiger partial charge in [-0.25, -0.2) is 0 Å². The van der Waals surface area contributed by atoms with Gasteiger partial charge in [0.15, 0.2) is 0 Å². The van der Waals surface area contributed by atoms with E-state index >= 15 is 0 Å². The molecule has 0 bridgehead atoms. The molecule has 0 rings (SSSR count). The Labute approximate surface area is 70.8 Å². The normalized spacial score (nSPS) is 14.1. The van der Waals surface area contributed by atoms with E-state index in [1.807, 2.05) is 0 Å². The maximum Gasteiger partial charge on any atom is 0.00411 e. The number of rotatable bonds is 2. The third kappa shape index (κ3) is 8.25. The quantitative estimate of drug-likeness (QED) is 0.669. The first-order valence-electron chi connectivity index (χ1n) is 3.71. The van der Waals surface area contributed by atoms with E-state index < -0.39 is 0 Å². The van der Waals surface area contributed by atoms with E-state index in [4.69, 9.17) is 5.73 Å². The van der Waals surface area contributed by atoms with E-state index in [1.54, 1.807) is 0 Å². The van der Waals surface area contributed by atoms with Crippen LogP contribution in [0.3, 0.4) is 0 Å². The molecule has 0 heterocycles. The lowest BCUT2D eigenvalue weighted by Gasteiger charge is -2.21. The van der Waals surface area contributed by atoms with Gasteiger partial charge in [0.05, 0.1) is 0 Å². The molecule has 1 unspecified atom stereocenters. The van der Waals surface area contributed by atoms with Crippen LogP contribution in [-0.2, 0) is 0 Å². The van der Waals surface area contributed by atoms with Gasteiger partial charge in [0, 0.05) is 6.04 Å². The molecule has 64 valence electrons. The van der Waals surface area contributed by atoms with Crippen molar-refractivity contribution < 1.29 is 0 Å². The van der Waals surface area contributed by atoms with Gasteiger partial charge >= 0.3 is 0 Å². The Hall–Kier alpha value is 0.250. The van der Waals surface area contributed by atoms with E-state index in [1.165, 1.54) is 0 Å². The molecule has 0 fully saturated rings. The average molecular weight is 166 g/mol. The molecule has 10 heavy (non-hydrogen) atoms. The number of hydrogen-bond donors (Lipinski definition) is 1. The number of nitrogens with two attached hydrogens (primary N) is 1. The molecule has 2 N–H and O–H groups in total. The van der Waals surface area contributed by atoms with Crippen LogP contribution >= 0.6 is 12.4 Å². The first kappa shape index (κ1) is 12.9. The fourth-order valence-corrected chi connectivity index (χ4v) is 0.931. The lowest BCUT2D eigenvalue weighted by atomic mass is 9.88. The standard InChI is InChI=1S/C8H19N.ClH/c1-5-7(9)6-8(2,3)4;/h7H,5-6,9H2,1-4H3;1H. The zero-order valence-electron chi connectivity index (χ0n) is 7.48. The summed E-state index contributed by atoms with van der Waals surface area (Å²) >= 11 is 0. The fourth-order valence-electron chi connectivity index (χ4n) is 0.931. The van der Waals surface area contributed by atoms with E-state index in [0.717, 1.165) is 12.8 Å². The maximum absolute atomic E-state index is 5.76. The molecule has 0 aliphatic heterocycles. The van der Waals surface area contributed by atoms with Gasteiger partial charge in [-0.2, -0.15) is 0 Å². The van der Waals surface area contributed by atoms with Crippen molar-refractivity contribution in [2.24, 2.45) is 11.1 Å². The summed E-state index contributed by atoms with van der Waals surface area (Å²) in [5, 5.41) is 0. The minimum Gasteiger partial charge on any atom is -0.328 e. The zero-order valence-corrected chi connectivity index (χ0v) is 8.29. The highest BCUT2D eigenvalue weighted by atomic mass is 35.5. The minimum absolute atomic E-state index is 0. The van der Waals surface area contributed by atoms with Gasteiger partial charge in [0.1, 0.15) is 0 Å². The molecule has 0 spiro atoms. The van der Waals surface area contributed by atoms with Gasteiger partial charge in [-0.3, -0.25) is 0 Å². The Morgan fingerprint density at radius 2 is 1.70 bits per heavy atom. The first-order valence-corrected chi connectivity index (χ1v) is 3.71. The molecule has 0 aromatic heterocycles. The van der Waals surface area contributed by atoms with Crippen LogP contribution in [0.2, 0.25) is 0 Å². The highest BCUT2D eigenvalue weighted by Gasteiger charge is 2.13. The van der Waals surface area contributed by atoms with Crippen LogP contribution in [0.25, 0.3) is 0 Å². The van der Waals surface area contributed by atoms with Crippen LogP contribution < -0.4 is 5.73 Å². The predicted octanol–water partition coefficient (Wildman–Crippen LogP) is 2.58. The van der Waals surface area contributed by atoms with Crippen molar-refractivity contribution in [3.8, 4) is 0 Å². The molecule has 0 radical (unpaired) electrons. The van der Waals surface area contributed by atoms with Crippen molar-refractivity contribution >= 4 is 12.4 Å². The molecular formula is C8H20ClN. The summed E-state index contributed by atoms with van der Waals surface area (Å²) in [4.78, 5) is 0. The van der Waals surface area contributed by atoms with Crippen LogP contribution in [0.4, 0.5) is 0 Å². The molecular weight excluding hydrogens is 146 g/mol. The smallest absolute Gasteiger partial charge is 0.00411 e. The summed E-state index contributed by atoms with van der Waals surface area (Å²) in [6.07, 6.45) is 2.22. The molecule has 1 nitrogen and oxygen atoms in total. The first-order chi connectivity index (χ1) is 3.95. The molecule has 0 aromatic rings. The molecule has 0 aliphatic carbocycles. The Kier molecular flexibility index (Phi) is 6.41. The Morgan fingerprint density at radius 1 is 1.30 bits per heavy atom. The summed E-state index contributed by atoms with van der Waals surface area (Å²) in [5.41, 5.74) is 6.16. The number of hydrogen-bond acceptors (Lipinski definition) is 1. The van der Waals surface area contributed by atoms with Crippen LogP contribution in [0.15, 0.2) is 0 Å². The van der Waals surface area contributed by atoms with Crippen LogP contribution in [0, 0.1) is 5.41 Å². The molecule has 2 heteroatoms. The van der Waals surface area contributed by atoms with Crippen molar-refractivity contribution in [2.45, 2.75) is 46.6 Å². The van der Waals surface area contributed by atoms with Crippen LogP contribution in [0.1, 0.15) is 40.5 Å². The largest absolute Gasteiger partial charge is 0.328 e. The van der Waals surface area contributed by atoms with Gasteiger partial charge in [0.2, 0.25) is 0 Å². The van der Waals surface area contributed by atoms with E-state index in [0.29, 0.717) is 11.5 Å². The zero-order chi connectivity index (χ0) is 7.49. The second-order valence-electron chi connectivity index (χ2n) is 3.93. The summed E-state index contributed by atoms with van der Waals surface area (Å²) in [6.45, 7) is 8.81. The Morgan fingerprint density at radius 3 is 1.80 bits per heavy atom. The van der Waals surface area contributed by atoms with Crippen molar-refractivity contribution in [1.29, 1.82) is 0 Å². The molecule has 0 saturated heterocycles. The van der Waals surface area contributed by atoms with Crippen LogP contribution in [0.5, 0.6) is 0 Å². The summed E-state index contributed by atoms with van der Waals surface area (Å²) in [7, 11) is 0. The summed E-state index contributed by atoms with van der Waals surface area (Å²) < 4.78 is 0. The third-order valence-corrected chi connectivity index (χ3v) is 1.40. The Balaban J connectivity index is 0. The van der Waals surface area contributed by atoms with Gasteiger partial charge in [-0.1, -0.05) is 27.7 Å². The molecule has 1 atom stereocenters. The summed E-state index contributed by atoms with van der Waals surface area (Å²) in [6, 6.07) is 0.394. The molecule has 0 aliphatic rings. The topological polar surface area (TPSA) is 26.0 Å². The monoisotopic (exact) mass is 165 g/mol. The van der Waals surface area contributed by atoms with Crippen LogP contribution in [-0.4, -0.2) is 6.04 Å². The highest BCUT2D eigenvalue weighted by Crippen LogP contribution is 2.20.